The van der Waals surface area contributed by atoms with Crippen LogP contribution in [0.25, 0.3) is 0 Å². The molecule has 1 saturated heterocycles. The van der Waals surface area contributed by atoms with Crippen LogP contribution in [0.15, 0.2) is 18.3 Å². The van der Waals surface area contributed by atoms with Crippen molar-refractivity contribution >= 4 is 12.2 Å². The molecule has 0 bridgehead atoms. The van der Waals surface area contributed by atoms with Crippen molar-refractivity contribution in [2.75, 3.05) is 11.9 Å². The van der Waals surface area contributed by atoms with Gasteiger partial charge in [-0.1, -0.05) is 13.0 Å². The molecule has 0 spiro atoms. The molecule has 0 aliphatic carbocycles. The van der Waals surface area contributed by atoms with Crippen LogP contribution in [0.5, 0.6) is 0 Å². The minimum absolute atomic E-state index is 0.183. The Balaban J connectivity index is 2.23. The summed E-state index contributed by atoms with van der Waals surface area (Å²) in [6, 6.07) is 4.59. The quantitative estimate of drug-likeness (QED) is 0.813. The summed E-state index contributed by atoms with van der Waals surface area (Å²) in [7, 11) is 0. The maximum atomic E-state index is 11.1. The summed E-state index contributed by atoms with van der Waals surface area (Å²) in [6.45, 7) is 5.14. The molecule has 1 aromatic heterocycles. The number of pyridine rings is 1. The van der Waals surface area contributed by atoms with Crippen molar-refractivity contribution in [3.63, 3.8) is 0 Å². The van der Waals surface area contributed by atoms with Crippen LogP contribution in [-0.4, -0.2) is 28.9 Å². The number of carbonyl (C=O) groups is 1. The molecule has 0 unspecified atom stereocenters. The van der Waals surface area contributed by atoms with E-state index in [4.69, 9.17) is 0 Å². The van der Waals surface area contributed by atoms with E-state index in [1.165, 1.54) is 0 Å². The highest BCUT2D eigenvalue weighted by Gasteiger charge is 2.27. The van der Waals surface area contributed by atoms with E-state index in [2.05, 4.69) is 30.2 Å². The first-order valence-corrected chi connectivity index (χ1v) is 6.68. The van der Waals surface area contributed by atoms with E-state index >= 15 is 0 Å². The molecule has 4 heteroatoms. The first-order valence-electron chi connectivity index (χ1n) is 6.68. The normalized spacial score (nSPS) is 20.8. The number of aromatic nitrogens is 1. The number of amides is 1. The molecule has 1 fully saturated rings. The van der Waals surface area contributed by atoms with Crippen molar-refractivity contribution < 1.29 is 4.79 Å². The molecule has 0 saturated carbocycles. The summed E-state index contributed by atoms with van der Waals surface area (Å²) in [6.07, 6.45) is 5.91. The maximum absolute atomic E-state index is 11.1. The van der Waals surface area contributed by atoms with Crippen molar-refractivity contribution in [3.8, 4) is 0 Å². The van der Waals surface area contributed by atoms with Crippen LogP contribution in [0.3, 0.4) is 0 Å². The number of nitrogens with one attached hydrogen (secondary N) is 1. The lowest BCUT2D eigenvalue weighted by molar-refractivity contribution is -0.118. The molecule has 2 rings (SSSR count). The fourth-order valence-electron chi connectivity index (χ4n) is 2.39. The standard InChI is InChI=1S/C14H21N3O/c1-3-11(2)16-14-12(6-4-8-15-14)13-7-5-9-17(13)10-18/h4,6,8,10-11,13H,3,5,7,9H2,1-2H3,(H,15,16)/t11-,13+/m1/s1. The highest BCUT2D eigenvalue weighted by atomic mass is 16.1. The highest BCUT2D eigenvalue weighted by Crippen LogP contribution is 2.34. The second-order valence-electron chi connectivity index (χ2n) is 4.90. The molecule has 2 heterocycles. The van der Waals surface area contributed by atoms with Gasteiger partial charge in [0.2, 0.25) is 6.41 Å². The second-order valence-corrected chi connectivity index (χ2v) is 4.90. The van der Waals surface area contributed by atoms with Gasteiger partial charge in [0.15, 0.2) is 0 Å². The van der Waals surface area contributed by atoms with E-state index in [1.807, 2.05) is 11.0 Å². The smallest absolute Gasteiger partial charge is 0.210 e. The van der Waals surface area contributed by atoms with Crippen molar-refractivity contribution in [1.29, 1.82) is 0 Å². The number of hydrogen-bond acceptors (Lipinski definition) is 3. The van der Waals surface area contributed by atoms with Gasteiger partial charge < -0.3 is 10.2 Å². The van der Waals surface area contributed by atoms with E-state index in [0.29, 0.717) is 6.04 Å². The molecular formula is C14H21N3O. The number of carbonyl (C=O) groups excluding carboxylic acids is 1. The van der Waals surface area contributed by atoms with Crippen molar-refractivity contribution in [2.45, 2.75) is 45.2 Å². The van der Waals surface area contributed by atoms with Crippen molar-refractivity contribution in [3.05, 3.63) is 23.9 Å². The number of nitrogens with zero attached hydrogens (tertiary/aromatic N) is 2. The Hall–Kier alpha value is -1.58. The minimum atomic E-state index is 0.183. The fourth-order valence-corrected chi connectivity index (χ4v) is 2.39. The molecule has 1 aliphatic rings. The first-order chi connectivity index (χ1) is 8.76. The van der Waals surface area contributed by atoms with Gasteiger partial charge in [-0.05, 0) is 32.3 Å². The average Bonchev–Trinajstić information content (AvgIpc) is 2.87. The molecule has 4 nitrogen and oxygen atoms in total. The van der Waals surface area contributed by atoms with Crippen LogP contribution in [-0.2, 0) is 4.79 Å². The Kier molecular flexibility index (Phi) is 4.18. The van der Waals surface area contributed by atoms with Gasteiger partial charge in [0.1, 0.15) is 5.82 Å². The lowest BCUT2D eigenvalue weighted by atomic mass is 10.1. The molecule has 1 aromatic rings. The van der Waals surface area contributed by atoms with Gasteiger partial charge in [0.25, 0.3) is 0 Å². The third-order valence-electron chi connectivity index (χ3n) is 3.62. The highest BCUT2D eigenvalue weighted by molar-refractivity contribution is 5.53. The zero-order valence-corrected chi connectivity index (χ0v) is 11.1. The van der Waals surface area contributed by atoms with Gasteiger partial charge in [-0.25, -0.2) is 4.98 Å². The number of likely N-dealkylation sites (tertiary alicyclic amines) is 1. The molecule has 2 atom stereocenters. The van der Waals surface area contributed by atoms with Gasteiger partial charge in [-0.3, -0.25) is 4.79 Å². The molecule has 0 radical (unpaired) electrons. The second kappa shape index (κ2) is 5.85. The molecule has 98 valence electrons. The number of rotatable bonds is 5. The van der Waals surface area contributed by atoms with Gasteiger partial charge >= 0.3 is 0 Å². The lowest BCUT2D eigenvalue weighted by Crippen LogP contribution is -2.23. The maximum Gasteiger partial charge on any atom is 0.210 e. The number of anilines is 1. The van der Waals surface area contributed by atoms with E-state index in [1.54, 1.807) is 6.20 Å². The van der Waals surface area contributed by atoms with E-state index in [9.17, 15) is 4.79 Å². The summed E-state index contributed by atoms with van der Waals surface area (Å²) >= 11 is 0. The Bertz CT molecular complexity index is 408. The van der Waals surface area contributed by atoms with Crippen molar-refractivity contribution in [2.24, 2.45) is 0 Å². The predicted octanol–water partition coefficient (Wildman–Crippen LogP) is 2.59. The Labute approximate surface area is 108 Å². The van der Waals surface area contributed by atoms with Gasteiger partial charge in [0.05, 0.1) is 6.04 Å². The van der Waals surface area contributed by atoms with Crippen molar-refractivity contribution in [1.82, 2.24) is 9.88 Å². The van der Waals surface area contributed by atoms with E-state index < -0.39 is 0 Å². The van der Waals surface area contributed by atoms with E-state index in [0.717, 1.165) is 43.6 Å². The summed E-state index contributed by atoms with van der Waals surface area (Å²) < 4.78 is 0. The largest absolute Gasteiger partial charge is 0.367 e. The Morgan fingerprint density at radius 3 is 3.22 bits per heavy atom. The van der Waals surface area contributed by atoms with Crippen LogP contribution >= 0.6 is 0 Å². The first kappa shape index (κ1) is 12.9. The van der Waals surface area contributed by atoms with Crippen LogP contribution in [0, 0.1) is 0 Å². The predicted molar refractivity (Wildman–Crippen MR) is 72.4 cm³/mol. The van der Waals surface area contributed by atoms with Crippen LogP contribution in [0.4, 0.5) is 5.82 Å². The molecule has 1 N–H and O–H groups in total. The van der Waals surface area contributed by atoms with Gasteiger partial charge in [-0.15, -0.1) is 0 Å². The summed E-state index contributed by atoms with van der Waals surface area (Å²) in [5.41, 5.74) is 1.14. The fraction of sp³-hybridized carbons (Fsp3) is 0.571. The molecular weight excluding hydrogens is 226 g/mol. The average molecular weight is 247 g/mol. The lowest BCUT2D eigenvalue weighted by Gasteiger charge is -2.24. The zero-order chi connectivity index (χ0) is 13.0. The summed E-state index contributed by atoms with van der Waals surface area (Å²) in [5, 5.41) is 3.43. The summed E-state index contributed by atoms with van der Waals surface area (Å²) in [4.78, 5) is 17.4. The third kappa shape index (κ3) is 2.63. The van der Waals surface area contributed by atoms with E-state index in [-0.39, 0.29) is 6.04 Å². The topological polar surface area (TPSA) is 45.2 Å². The van der Waals surface area contributed by atoms with Crippen LogP contribution < -0.4 is 5.32 Å². The molecule has 0 aromatic carbocycles. The van der Waals surface area contributed by atoms with Crippen LogP contribution in [0.1, 0.15) is 44.7 Å². The summed E-state index contributed by atoms with van der Waals surface area (Å²) in [5.74, 6) is 0.922. The zero-order valence-electron chi connectivity index (χ0n) is 11.1. The van der Waals surface area contributed by atoms with Crippen LogP contribution in [0.2, 0.25) is 0 Å². The minimum Gasteiger partial charge on any atom is -0.367 e. The molecule has 1 aliphatic heterocycles. The number of hydrogen-bond donors (Lipinski definition) is 1. The SMILES string of the molecule is CC[C@@H](C)Nc1ncccc1[C@@H]1CCCN1C=O. The Morgan fingerprint density at radius 2 is 2.50 bits per heavy atom. The Morgan fingerprint density at radius 1 is 1.67 bits per heavy atom. The monoisotopic (exact) mass is 247 g/mol. The molecule has 1 amide bonds. The van der Waals surface area contributed by atoms with Gasteiger partial charge in [0, 0.05) is 24.3 Å². The van der Waals surface area contributed by atoms with Gasteiger partial charge in [-0.2, -0.15) is 0 Å². The third-order valence-corrected chi connectivity index (χ3v) is 3.62. The molecule has 18 heavy (non-hydrogen) atoms.